The lowest BCUT2D eigenvalue weighted by Crippen LogP contribution is -2.39. The summed E-state index contributed by atoms with van der Waals surface area (Å²) in [7, 11) is 1.66. The van der Waals surface area contributed by atoms with Gasteiger partial charge < -0.3 is 10.6 Å². The second-order valence-corrected chi connectivity index (χ2v) is 4.70. The molecule has 0 aliphatic carbocycles. The number of anilines is 1. The van der Waals surface area contributed by atoms with Crippen LogP contribution in [0.25, 0.3) is 0 Å². The van der Waals surface area contributed by atoms with Crippen molar-refractivity contribution in [1.82, 2.24) is 0 Å². The van der Waals surface area contributed by atoms with E-state index in [1.54, 1.807) is 11.9 Å². The first-order chi connectivity index (χ1) is 8.24. The first-order valence-corrected chi connectivity index (χ1v) is 5.80. The Kier molecular flexibility index (Phi) is 4.62. The van der Waals surface area contributed by atoms with Crippen molar-refractivity contribution in [2.75, 3.05) is 25.0 Å². The van der Waals surface area contributed by atoms with E-state index in [1.807, 2.05) is 32.0 Å². The van der Waals surface area contributed by atoms with Crippen LogP contribution in [-0.2, 0) is 0 Å². The van der Waals surface area contributed by atoms with Gasteiger partial charge in [0.25, 0.3) is 0 Å². The number of alkyl halides is 3. The van der Waals surface area contributed by atoms with Gasteiger partial charge >= 0.3 is 6.18 Å². The average Bonchev–Trinajstić information content (AvgIpc) is 2.22. The van der Waals surface area contributed by atoms with Gasteiger partial charge in [0.1, 0.15) is 0 Å². The van der Waals surface area contributed by atoms with E-state index < -0.39 is 18.6 Å². The molecule has 5 heteroatoms. The van der Waals surface area contributed by atoms with Crippen LogP contribution in [0.1, 0.15) is 11.1 Å². The lowest BCUT2D eigenvalue weighted by molar-refractivity contribution is -0.168. The van der Waals surface area contributed by atoms with Crippen LogP contribution in [0.5, 0.6) is 0 Å². The molecule has 1 rings (SSSR count). The Labute approximate surface area is 106 Å². The molecule has 18 heavy (non-hydrogen) atoms. The van der Waals surface area contributed by atoms with Gasteiger partial charge in [0, 0.05) is 25.8 Å². The topological polar surface area (TPSA) is 29.3 Å². The molecule has 1 aromatic rings. The third-order valence-corrected chi connectivity index (χ3v) is 2.89. The van der Waals surface area contributed by atoms with E-state index in [-0.39, 0.29) is 6.54 Å². The maximum absolute atomic E-state index is 12.6. The Morgan fingerprint density at radius 2 is 1.67 bits per heavy atom. The van der Waals surface area contributed by atoms with E-state index in [0.29, 0.717) is 0 Å². The van der Waals surface area contributed by atoms with Crippen molar-refractivity contribution in [3.8, 4) is 0 Å². The van der Waals surface area contributed by atoms with Crippen LogP contribution in [-0.4, -0.2) is 26.3 Å². The van der Waals surface area contributed by atoms with Crippen LogP contribution in [0.4, 0.5) is 18.9 Å². The zero-order valence-electron chi connectivity index (χ0n) is 10.9. The summed E-state index contributed by atoms with van der Waals surface area (Å²) in [6, 6.07) is 5.73. The first-order valence-electron chi connectivity index (χ1n) is 5.80. The van der Waals surface area contributed by atoms with E-state index in [4.69, 9.17) is 5.73 Å². The fourth-order valence-corrected chi connectivity index (χ4v) is 1.92. The van der Waals surface area contributed by atoms with E-state index in [9.17, 15) is 13.2 Å². The van der Waals surface area contributed by atoms with Crippen LogP contribution in [0, 0.1) is 19.8 Å². The van der Waals surface area contributed by atoms with Crippen LogP contribution in [0.15, 0.2) is 18.2 Å². The second kappa shape index (κ2) is 5.61. The highest BCUT2D eigenvalue weighted by Gasteiger charge is 2.39. The number of halogens is 3. The van der Waals surface area contributed by atoms with Crippen molar-refractivity contribution in [3.05, 3.63) is 29.3 Å². The van der Waals surface area contributed by atoms with Gasteiger partial charge in [0.2, 0.25) is 0 Å². The summed E-state index contributed by atoms with van der Waals surface area (Å²) in [5.74, 6) is -1.50. The highest BCUT2D eigenvalue weighted by molar-refractivity contribution is 5.50. The Morgan fingerprint density at radius 3 is 2.06 bits per heavy atom. The highest BCUT2D eigenvalue weighted by atomic mass is 19.4. The minimum atomic E-state index is -4.25. The smallest absolute Gasteiger partial charge is 0.374 e. The summed E-state index contributed by atoms with van der Waals surface area (Å²) < 4.78 is 37.9. The van der Waals surface area contributed by atoms with E-state index in [2.05, 4.69) is 0 Å². The number of nitrogens with two attached hydrogens (primary N) is 1. The monoisotopic (exact) mass is 260 g/mol. The second-order valence-electron chi connectivity index (χ2n) is 4.70. The number of aryl methyl sites for hydroxylation is 2. The molecular weight excluding hydrogens is 241 g/mol. The normalized spacial score (nSPS) is 13.5. The molecule has 0 saturated carbocycles. The Balaban J connectivity index is 2.84. The molecule has 1 atom stereocenters. The number of benzene rings is 1. The summed E-state index contributed by atoms with van der Waals surface area (Å²) in [6.07, 6.45) is -4.25. The zero-order chi connectivity index (χ0) is 13.9. The maximum Gasteiger partial charge on any atom is 0.394 e. The van der Waals surface area contributed by atoms with Crippen molar-refractivity contribution in [3.63, 3.8) is 0 Å². The molecule has 1 unspecified atom stereocenters. The van der Waals surface area contributed by atoms with Crippen molar-refractivity contribution >= 4 is 5.69 Å². The van der Waals surface area contributed by atoms with Gasteiger partial charge in [-0.2, -0.15) is 13.2 Å². The summed E-state index contributed by atoms with van der Waals surface area (Å²) >= 11 is 0. The average molecular weight is 260 g/mol. The molecular formula is C13H19F3N2. The van der Waals surface area contributed by atoms with Gasteiger partial charge in [-0.05, 0) is 37.1 Å². The maximum atomic E-state index is 12.6. The molecule has 0 bridgehead atoms. The molecule has 0 aliphatic heterocycles. The lowest BCUT2D eigenvalue weighted by Gasteiger charge is -2.27. The molecule has 0 fully saturated rings. The number of hydrogen-bond acceptors (Lipinski definition) is 2. The third kappa shape index (κ3) is 3.91. The lowest BCUT2D eigenvalue weighted by atomic mass is 10.1. The van der Waals surface area contributed by atoms with Crippen molar-refractivity contribution in [2.24, 2.45) is 11.7 Å². The van der Waals surface area contributed by atoms with Gasteiger partial charge in [-0.15, -0.1) is 0 Å². The Hall–Kier alpha value is -1.23. The van der Waals surface area contributed by atoms with Crippen molar-refractivity contribution < 1.29 is 13.2 Å². The van der Waals surface area contributed by atoms with Crippen molar-refractivity contribution in [1.29, 1.82) is 0 Å². The molecule has 0 aromatic heterocycles. The standard InChI is InChI=1S/C13H19F3N2/c1-9-4-10(2)6-12(5-9)18(3)8-11(7-17)13(14,15)16/h4-6,11H,7-8,17H2,1-3H3. The molecule has 102 valence electrons. The van der Waals surface area contributed by atoms with E-state index >= 15 is 0 Å². The number of rotatable bonds is 4. The Bertz CT molecular complexity index is 381. The first kappa shape index (κ1) is 14.8. The molecule has 1 aromatic carbocycles. The largest absolute Gasteiger partial charge is 0.394 e. The summed E-state index contributed by atoms with van der Waals surface area (Å²) in [6.45, 7) is 3.34. The Morgan fingerprint density at radius 1 is 1.17 bits per heavy atom. The van der Waals surface area contributed by atoms with Crippen LogP contribution >= 0.6 is 0 Å². The molecule has 0 aliphatic rings. The third-order valence-electron chi connectivity index (χ3n) is 2.89. The molecule has 0 saturated heterocycles. The van der Waals surface area contributed by atoms with Gasteiger partial charge in [-0.3, -0.25) is 0 Å². The quantitative estimate of drug-likeness (QED) is 0.902. The summed E-state index contributed by atoms with van der Waals surface area (Å²) in [4.78, 5) is 1.60. The van der Waals surface area contributed by atoms with Gasteiger partial charge in [-0.1, -0.05) is 6.07 Å². The van der Waals surface area contributed by atoms with Crippen molar-refractivity contribution in [2.45, 2.75) is 20.0 Å². The van der Waals surface area contributed by atoms with Gasteiger partial charge in [-0.25, -0.2) is 0 Å². The molecule has 2 nitrogen and oxygen atoms in total. The molecule has 0 radical (unpaired) electrons. The van der Waals surface area contributed by atoms with Gasteiger partial charge in [0.15, 0.2) is 0 Å². The molecule has 0 heterocycles. The molecule has 2 N–H and O–H groups in total. The number of nitrogens with zero attached hydrogens (tertiary/aromatic N) is 1. The van der Waals surface area contributed by atoms with E-state index in [0.717, 1.165) is 16.8 Å². The van der Waals surface area contributed by atoms with Crippen LogP contribution in [0.2, 0.25) is 0 Å². The zero-order valence-corrected chi connectivity index (χ0v) is 10.9. The fourth-order valence-electron chi connectivity index (χ4n) is 1.92. The predicted octanol–water partition coefficient (Wildman–Crippen LogP) is 2.88. The molecule has 0 spiro atoms. The minimum Gasteiger partial charge on any atom is -0.374 e. The predicted molar refractivity (Wildman–Crippen MR) is 67.8 cm³/mol. The summed E-state index contributed by atoms with van der Waals surface area (Å²) in [5, 5.41) is 0. The fraction of sp³-hybridized carbons (Fsp3) is 0.538. The van der Waals surface area contributed by atoms with Gasteiger partial charge in [0.05, 0.1) is 5.92 Å². The summed E-state index contributed by atoms with van der Waals surface area (Å²) in [5.41, 5.74) is 8.06. The number of hydrogen-bond donors (Lipinski definition) is 1. The molecule has 0 amide bonds. The van der Waals surface area contributed by atoms with E-state index in [1.165, 1.54) is 0 Å². The highest BCUT2D eigenvalue weighted by Crippen LogP contribution is 2.27. The SMILES string of the molecule is Cc1cc(C)cc(N(C)CC(CN)C(F)(F)F)c1. The van der Waals surface area contributed by atoms with Crippen LogP contribution < -0.4 is 10.6 Å². The minimum absolute atomic E-state index is 0.122. The van der Waals surface area contributed by atoms with Crippen LogP contribution in [0.3, 0.4) is 0 Å².